The molecule has 0 saturated carbocycles. The first-order valence-corrected chi connectivity index (χ1v) is 14.1. The number of nitrogens with one attached hydrogen (secondary N) is 2. The van der Waals surface area contributed by atoms with Crippen LogP contribution in [0, 0.1) is 12.0 Å². The molecule has 0 aromatic heterocycles. The third kappa shape index (κ3) is 5.96. The van der Waals surface area contributed by atoms with E-state index in [-0.39, 0.29) is 31.4 Å². The Morgan fingerprint density at radius 3 is 2.40 bits per heavy atom. The van der Waals surface area contributed by atoms with E-state index >= 15 is 0 Å². The quantitative estimate of drug-likeness (QED) is 0.487. The van der Waals surface area contributed by atoms with Gasteiger partial charge in [0.25, 0.3) is 5.91 Å². The van der Waals surface area contributed by atoms with Gasteiger partial charge >= 0.3 is 12.3 Å². The Bertz CT molecular complexity index is 1400. The predicted octanol–water partition coefficient (Wildman–Crippen LogP) is 3.97. The molecule has 222 valence electrons. The van der Waals surface area contributed by atoms with Gasteiger partial charge in [-0.05, 0) is 36.5 Å². The summed E-state index contributed by atoms with van der Waals surface area (Å²) in [6.07, 6.45) is -1.64. The summed E-state index contributed by atoms with van der Waals surface area (Å²) >= 11 is 0. The van der Waals surface area contributed by atoms with Crippen LogP contribution in [0.3, 0.4) is 0 Å². The summed E-state index contributed by atoms with van der Waals surface area (Å²) in [5, 5.41) is 5.60. The highest BCUT2D eigenvalue weighted by Crippen LogP contribution is 2.47. The van der Waals surface area contributed by atoms with Gasteiger partial charge in [0.15, 0.2) is 0 Å². The van der Waals surface area contributed by atoms with Gasteiger partial charge in [0.1, 0.15) is 17.5 Å². The maximum Gasteiger partial charge on any atom is 0.408 e. The van der Waals surface area contributed by atoms with Gasteiger partial charge in [-0.15, -0.1) is 0 Å². The second kappa shape index (κ2) is 11.8. The minimum atomic E-state index is -1.04. The molecule has 4 amide bonds. The molecule has 10 nitrogen and oxygen atoms in total. The molecule has 10 heteroatoms. The van der Waals surface area contributed by atoms with Crippen LogP contribution in [-0.2, 0) is 31.0 Å². The normalized spacial score (nSPS) is 20.9. The van der Waals surface area contributed by atoms with E-state index in [0.29, 0.717) is 5.69 Å². The lowest BCUT2D eigenvalue weighted by Gasteiger charge is -2.37. The first kappa shape index (κ1) is 30.6. The van der Waals surface area contributed by atoms with Crippen molar-refractivity contribution in [3.63, 3.8) is 0 Å². The monoisotopic (exact) mass is 573 g/mol. The van der Waals surface area contributed by atoms with Gasteiger partial charge in [-0.25, -0.2) is 11.4 Å². The number of rotatable bonds is 7. The standard InChI is InChI=1S/C32H39N5O5/c1-20(2)42-30(41)35-26(31(3,4)5)28(39)36(7)24(17-21-13-9-8-10-14-21)27(38)37-19-32(18-25(37)33-6)22-15-11-12-16-23(22)34-29(32)40/h8-16,20,24-26H,17-19H2,1-5,7H3,(H,34,40)(H,35,41)/t24-,25-,26+,32-/m0/s1. The van der Waals surface area contributed by atoms with Crippen molar-refractivity contribution in [2.45, 2.75) is 77.2 Å². The molecular formula is C32H39N5O5. The molecule has 1 saturated heterocycles. The van der Waals surface area contributed by atoms with Crippen molar-refractivity contribution in [2.24, 2.45) is 5.41 Å². The number of amides is 4. The third-order valence-corrected chi connectivity index (χ3v) is 7.98. The Labute approximate surface area is 247 Å². The molecule has 2 aliphatic heterocycles. The van der Waals surface area contributed by atoms with E-state index in [4.69, 9.17) is 11.3 Å². The molecule has 4 rings (SSSR count). The molecular weight excluding hydrogens is 534 g/mol. The second-order valence-corrected chi connectivity index (χ2v) is 12.4. The van der Waals surface area contributed by atoms with E-state index < -0.39 is 47.0 Å². The van der Waals surface area contributed by atoms with E-state index in [1.165, 1.54) is 16.8 Å². The largest absolute Gasteiger partial charge is 0.447 e. The summed E-state index contributed by atoms with van der Waals surface area (Å²) in [6.45, 7) is 16.8. The van der Waals surface area contributed by atoms with E-state index in [0.717, 1.165) is 11.1 Å². The molecule has 0 unspecified atom stereocenters. The van der Waals surface area contributed by atoms with Crippen LogP contribution in [0.4, 0.5) is 10.5 Å². The number of likely N-dealkylation sites (N-methyl/N-ethyl adjacent to an activating group) is 1. The summed E-state index contributed by atoms with van der Waals surface area (Å²) in [5.41, 5.74) is 0.526. The molecule has 2 N–H and O–H groups in total. The van der Waals surface area contributed by atoms with Gasteiger partial charge in [0, 0.05) is 25.7 Å². The van der Waals surface area contributed by atoms with Crippen molar-refractivity contribution >= 4 is 29.5 Å². The van der Waals surface area contributed by atoms with Crippen LogP contribution in [0.2, 0.25) is 0 Å². The number of carbonyl (C=O) groups is 4. The average molecular weight is 574 g/mol. The number of nitrogens with zero attached hydrogens (tertiary/aromatic N) is 3. The highest BCUT2D eigenvalue weighted by molar-refractivity contribution is 6.07. The molecule has 42 heavy (non-hydrogen) atoms. The van der Waals surface area contributed by atoms with Crippen LogP contribution in [0.1, 0.15) is 52.2 Å². The van der Waals surface area contributed by atoms with Crippen molar-refractivity contribution in [3.8, 4) is 0 Å². The van der Waals surface area contributed by atoms with E-state index in [1.54, 1.807) is 13.8 Å². The van der Waals surface area contributed by atoms with Crippen LogP contribution >= 0.6 is 0 Å². The van der Waals surface area contributed by atoms with Crippen LogP contribution in [0.15, 0.2) is 54.6 Å². The van der Waals surface area contributed by atoms with E-state index in [9.17, 15) is 19.2 Å². The number of ether oxygens (including phenoxy) is 1. The fraction of sp³-hybridized carbons (Fsp3) is 0.469. The van der Waals surface area contributed by atoms with Gasteiger partial charge in [-0.3, -0.25) is 24.1 Å². The van der Waals surface area contributed by atoms with Crippen molar-refractivity contribution in [1.82, 2.24) is 15.1 Å². The summed E-state index contributed by atoms with van der Waals surface area (Å²) in [6, 6.07) is 14.7. The van der Waals surface area contributed by atoms with Gasteiger partial charge in [-0.1, -0.05) is 69.3 Å². The number of hydrogen-bond acceptors (Lipinski definition) is 5. The number of alkyl carbamates (subject to hydrolysis) is 1. The Hall–Kier alpha value is -4.39. The van der Waals surface area contributed by atoms with Crippen LogP contribution in [0.5, 0.6) is 0 Å². The Balaban J connectivity index is 1.68. The Kier molecular flexibility index (Phi) is 8.62. The van der Waals surface area contributed by atoms with Gasteiger partial charge in [0.05, 0.1) is 12.5 Å². The fourth-order valence-corrected chi connectivity index (χ4v) is 5.75. The molecule has 0 aliphatic carbocycles. The van der Waals surface area contributed by atoms with Crippen molar-refractivity contribution in [3.05, 3.63) is 77.1 Å². The first-order valence-electron chi connectivity index (χ1n) is 14.1. The lowest BCUT2D eigenvalue weighted by atomic mass is 9.80. The molecule has 4 atom stereocenters. The summed E-state index contributed by atoms with van der Waals surface area (Å²) in [5.74, 6) is -1.13. The van der Waals surface area contributed by atoms with Crippen molar-refractivity contribution in [1.29, 1.82) is 0 Å². The minimum Gasteiger partial charge on any atom is -0.447 e. The van der Waals surface area contributed by atoms with Gasteiger partial charge < -0.3 is 20.3 Å². The molecule has 0 bridgehead atoms. The second-order valence-electron chi connectivity index (χ2n) is 12.4. The lowest BCUT2D eigenvalue weighted by Crippen LogP contribution is -2.59. The maximum atomic E-state index is 14.4. The molecule has 2 aromatic rings. The molecule has 2 heterocycles. The fourth-order valence-electron chi connectivity index (χ4n) is 5.75. The zero-order valence-corrected chi connectivity index (χ0v) is 25.0. The topological polar surface area (TPSA) is 112 Å². The van der Waals surface area contributed by atoms with E-state index in [2.05, 4.69) is 15.5 Å². The molecule has 2 aliphatic rings. The summed E-state index contributed by atoms with van der Waals surface area (Å²) in [7, 11) is 1.54. The zero-order chi connectivity index (χ0) is 30.8. The van der Waals surface area contributed by atoms with E-state index in [1.807, 2.05) is 75.4 Å². The number of carbonyl (C=O) groups excluding carboxylic acids is 4. The summed E-state index contributed by atoms with van der Waals surface area (Å²) < 4.78 is 5.24. The average Bonchev–Trinajstić information content (AvgIpc) is 3.46. The Morgan fingerprint density at radius 1 is 1.14 bits per heavy atom. The van der Waals surface area contributed by atoms with Crippen LogP contribution in [-0.4, -0.2) is 71.6 Å². The summed E-state index contributed by atoms with van der Waals surface area (Å²) in [4.78, 5) is 60.8. The number of hydrogen-bond donors (Lipinski definition) is 2. The van der Waals surface area contributed by atoms with Gasteiger partial charge in [-0.2, -0.15) is 0 Å². The van der Waals surface area contributed by atoms with Crippen molar-refractivity contribution < 1.29 is 23.9 Å². The SMILES string of the molecule is [C-]#[N+][C@@H]1C[C@@]2(CN1C(=O)[C@H](Cc1ccccc1)N(C)C(=O)[C@@H](NC(=O)OC(C)C)C(C)(C)C)C(=O)Nc1ccccc12. The Morgan fingerprint density at radius 2 is 1.79 bits per heavy atom. The molecule has 0 radical (unpaired) electrons. The van der Waals surface area contributed by atoms with Crippen LogP contribution < -0.4 is 10.6 Å². The molecule has 2 aromatic carbocycles. The highest BCUT2D eigenvalue weighted by Gasteiger charge is 2.59. The van der Waals surface area contributed by atoms with Crippen molar-refractivity contribution in [2.75, 3.05) is 18.9 Å². The highest BCUT2D eigenvalue weighted by atomic mass is 16.6. The number of fused-ring (bicyclic) bond motifs is 2. The smallest absolute Gasteiger partial charge is 0.408 e. The first-order chi connectivity index (χ1) is 19.8. The van der Waals surface area contributed by atoms with Crippen LogP contribution in [0.25, 0.3) is 4.85 Å². The third-order valence-electron chi connectivity index (χ3n) is 7.98. The minimum absolute atomic E-state index is 0.0245. The predicted molar refractivity (Wildman–Crippen MR) is 158 cm³/mol. The van der Waals surface area contributed by atoms with Gasteiger partial charge in [0.2, 0.25) is 11.8 Å². The lowest BCUT2D eigenvalue weighted by molar-refractivity contribution is -0.147. The number of benzene rings is 2. The maximum absolute atomic E-state index is 14.4. The molecule has 1 fully saturated rings. The molecule has 1 spiro atoms. The zero-order valence-electron chi connectivity index (χ0n) is 25.0. The number of para-hydroxylation sites is 1. The number of likely N-dealkylation sites (tertiary alicyclic amines) is 1. The number of anilines is 1.